The Kier molecular flexibility index (Phi) is 18.3. The van der Waals surface area contributed by atoms with E-state index in [-0.39, 0.29) is 19.8 Å². The van der Waals surface area contributed by atoms with Gasteiger partial charge < -0.3 is 14.2 Å². The normalized spacial score (nSPS) is 11.0. The zero-order valence-corrected chi connectivity index (χ0v) is 40.9. The van der Waals surface area contributed by atoms with Gasteiger partial charge in [-0.1, -0.05) is 0 Å². The molecule has 7 nitrogen and oxygen atoms in total. The minimum Gasteiger partial charge on any atom is -0.461 e. The third-order valence-corrected chi connectivity index (χ3v) is 16.6. The van der Waals surface area contributed by atoms with Crippen LogP contribution < -0.4 is 0 Å². The Balaban J connectivity index is 1.63. The summed E-state index contributed by atoms with van der Waals surface area (Å²) in [7, 11) is 0. The highest BCUT2D eigenvalue weighted by molar-refractivity contribution is 14.1. The topological polar surface area (TPSA) is 82.1 Å². The van der Waals surface area contributed by atoms with E-state index in [2.05, 4.69) is 203 Å². The van der Waals surface area contributed by atoms with E-state index in [1.807, 2.05) is 41.3 Å². The Morgan fingerprint density at radius 2 is 0.721 bits per heavy atom. The van der Waals surface area contributed by atoms with Crippen molar-refractivity contribution in [3.63, 3.8) is 0 Å². The molecule has 43 heavy (non-hydrogen) atoms. The van der Waals surface area contributed by atoms with E-state index in [1.54, 1.807) is 0 Å². The van der Waals surface area contributed by atoms with Crippen LogP contribution in [0.5, 0.6) is 0 Å². The summed E-state index contributed by atoms with van der Waals surface area (Å²) in [6.07, 6.45) is 0. The molecular weight excluding hydrogens is 1580 g/mol. The highest BCUT2D eigenvalue weighted by atomic mass is 127. The standard InChI is InChI=1S/C27H18I9NO6/c28-13-7-16(22(34)19(31)10-13)25(38)41-4-1-37(2-5-42-26(39)17-8-14(29)11-20(32)23(17)35)3-6-43-27(40)18-9-15(30)12-21(33)24(18)36/h7-12H,1-6H2. The average molecular weight is 1590 g/mol. The van der Waals surface area contributed by atoms with Crippen molar-refractivity contribution in [1.82, 2.24) is 4.90 Å². The number of hydrogen-bond donors (Lipinski definition) is 0. The van der Waals surface area contributed by atoms with Crippen LogP contribution in [-0.4, -0.2) is 62.3 Å². The number of halogens is 9. The van der Waals surface area contributed by atoms with E-state index in [0.29, 0.717) is 36.3 Å². The van der Waals surface area contributed by atoms with Crippen LogP contribution in [0.4, 0.5) is 0 Å². The van der Waals surface area contributed by atoms with Crippen LogP contribution >= 0.6 is 203 Å². The first kappa shape index (κ1) is 40.0. The molecule has 16 heteroatoms. The fraction of sp³-hybridized carbons (Fsp3) is 0.222. The van der Waals surface area contributed by atoms with Gasteiger partial charge in [0.25, 0.3) is 0 Å². The maximum atomic E-state index is 12.9. The molecule has 3 aromatic rings. The third kappa shape index (κ3) is 12.5. The second-order valence-electron chi connectivity index (χ2n) is 8.50. The molecule has 3 aromatic carbocycles. The van der Waals surface area contributed by atoms with Crippen LogP contribution in [0.25, 0.3) is 0 Å². The van der Waals surface area contributed by atoms with E-state index in [1.165, 1.54) is 0 Å². The van der Waals surface area contributed by atoms with Crippen molar-refractivity contribution in [2.45, 2.75) is 0 Å². The molecule has 0 saturated heterocycles. The van der Waals surface area contributed by atoms with Crippen LogP contribution in [0.1, 0.15) is 31.1 Å². The lowest BCUT2D eigenvalue weighted by molar-refractivity contribution is 0.0330. The van der Waals surface area contributed by atoms with Crippen molar-refractivity contribution in [2.24, 2.45) is 0 Å². The number of carbonyl (C=O) groups is 3. The summed E-state index contributed by atoms with van der Waals surface area (Å²) in [6.45, 7) is 1.48. The maximum Gasteiger partial charge on any atom is 0.339 e. The van der Waals surface area contributed by atoms with Gasteiger partial charge in [0.15, 0.2) is 0 Å². The number of ether oxygens (including phenoxy) is 3. The Labute approximate surface area is 372 Å². The molecule has 0 aliphatic carbocycles. The van der Waals surface area contributed by atoms with Crippen molar-refractivity contribution in [1.29, 1.82) is 0 Å². The summed E-state index contributed by atoms with van der Waals surface area (Å²) < 4.78 is 25.2. The lowest BCUT2D eigenvalue weighted by atomic mass is 10.2. The van der Waals surface area contributed by atoms with Crippen molar-refractivity contribution in [3.8, 4) is 0 Å². The molecule has 0 saturated carbocycles. The summed E-state index contributed by atoms with van der Waals surface area (Å²) in [6, 6.07) is 11.4. The van der Waals surface area contributed by atoms with E-state index in [4.69, 9.17) is 14.2 Å². The molecule has 0 amide bonds. The summed E-state index contributed by atoms with van der Waals surface area (Å²) >= 11 is 19.6. The maximum absolute atomic E-state index is 12.9. The summed E-state index contributed by atoms with van der Waals surface area (Å²) in [5.74, 6) is -1.20. The van der Waals surface area contributed by atoms with Crippen molar-refractivity contribution in [2.75, 3.05) is 39.5 Å². The van der Waals surface area contributed by atoms with Crippen LogP contribution in [0.3, 0.4) is 0 Å². The average Bonchev–Trinajstić information content (AvgIpc) is 2.93. The van der Waals surface area contributed by atoms with Gasteiger partial charge >= 0.3 is 17.9 Å². The predicted octanol–water partition coefficient (Wildman–Crippen LogP) is 9.30. The van der Waals surface area contributed by atoms with Crippen molar-refractivity contribution in [3.05, 3.63) is 85.2 Å². The van der Waals surface area contributed by atoms with Gasteiger partial charge in [0.2, 0.25) is 0 Å². The zero-order valence-electron chi connectivity index (χ0n) is 21.5. The minimum absolute atomic E-state index is 0.124. The Hall–Kier alpha value is 2.60. The SMILES string of the molecule is O=C(OCCN(CCOC(=O)c1cc(I)cc(I)c1I)CCOC(=O)c1cc(I)cc(I)c1I)c1cc(I)cc(I)c1I. The summed E-state index contributed by atoms with van der Waals surface area (Å²) in [5.41, 5.74) is 1.57. The fourth-order valence-electron chi connectivity index (χ4n) is 3.48. The monoisotopic (exact) mass is 1590 g/mol. The second-order valence-corrected chi connectivity index (χ2v) is 19.0. The number of hydrogen-bond acceptors (Lipinski definition) is 7. The van der Waals surface area contributed by atoms with E-state index >= 15 is 0 Å². The summed E-state index contributed by atoms with van der Waals surface area (Å²) in [5, 5.41) is 0. The number of nitrogens with zero attached hydrogens (tertiary/aromatic N) is 1. The second kappa shape index (κ2) is 19.7. The zero-order chi connectivity index (χ0) is 31.8. The molecule has 0 bridgehead atoms. The highest BCUT2D eigenvalue weighted by Crippen LogP contribution is 2.25. The van der Waals surface area contributed by atoms with Crippen LogP contribution in [0.15, 0.2) is 36.4 Å². The molecular formula is C27H18I9NO6. The molecule has 0 fully saturated rings. The van der Waals surface area contributed by atoms with Gasteiger partial charge in [-0.2, -0.15) is 0 Å². The molecule has 0 aliphatic rings. The first-order valence-corrected chi connectivity index (χ1v) is 21.7. The Bertz CT molecular complexity index is 1360. The fourth-order valence-corrected chi connectivity index (χ4v) is 10.6. The number of esters is 3. The molecule has 0 unspecified atom stereocenters. The van der Waals surface area contributed by atoms with Crippen molar-refractivity contribution < 1.29 is 28.6 Å². The Morgan fingerprint density at radius 3 is 0.977 bits per heavy atom. The minimum atomic E-state index is -0.399. The largest absolute Gasteiger partial charge is 0.461 e. The van der Waals surface area contributed by atoms with Gasteiger partial charge in [-0.05, 0) is 240 Å². The number of carbonyl (C=O) groups excluding carboxylic acids is 3. The van der Waals surface area contributed by atoms with Gasteiger partial charge in [-0.15, -0.1) is 0 Å². The smallest absolute Gasteiger partial charge is 0.339 e. The number of rotatable bonds is 12. The van der Waals surface area contributed by atoms with E-state index < -0.39 is 17.9 Å². The van der Waals surface area contributed by atoms with Gasteiger partial charge in [0, 0.05) is 51.8 Å². The highest BCUT2D eigenvalue weighted by Gasteiger charge is 2.19. The van der Waals surface area contributed by atoms with Gasteiger partial charge in [0.05, 0.1) is 16.7 Å². The lowest BCUT2D eigenvalue weighted by Gasteiger charge is -2.22. The lowest BCUT2D eigenvalue weighted by Crippen LogP contribution is -2.35. The first-order chi connectivity index (χ1) is 20.3. The molecule has 3 rings (SSSR count). The molecule has 230 valence electrons. The van der Waals surface area contributed by atoms with Crippen LogP contribution in [0.2, 0.25) is 0 Å². The molecule has 0 spiro atoms. The molecule has 0 N–H and O–H groups in total. The van der Waals surface area contributed by atoms with E-state index in [9.17, 15) is 14.4 Å². The predicted molar refractivity (Wildman–Crippen MR) is 241 cm³/mol. The van der Waals surface area contributed by atoms with Gasteiger partial charge in [0.1, 0.15) is 19.8 Å². The van der Waals surface area contributed by atoms with Crippen LogP contribution in [-0.2, 0) is 14.2 Å². The van der Waals surface area contributed by atoms with Crippen LogP contribution in [0, 0.1) is 32.1 Å². The van der Waals surface area contributed by atoms with Gasteiger partial charge in [-0.3, -0.25) is 4.90 Å². The molecule has 0 heterocycles. The van der Waals surface area contributed by atoms with Crippen molar-refractivity contribution >= 4 is 221 Å². The third-order valence-electron chi connectivity index (χ3n) is 5.56. The molecule has 0 atom stereocenters. The van der Waals surface area contributed by atoms with Gasteiger partial charge in [-0.25, -0.2) is 14.4 Å². The molecule has 0 radical (unpaired) electrons. The quantitative estimate of drug-likeness (QED) is 0.0775. The van der Waals surface area contributed by atoms with E-state index in [0.717, 1.165) is 32.1 Å². The molecule has 0 aromatic heterocycles. The molecule has 0 aliphatic heterocycles. The number of benzene rings is 3. The Morgan fingerprint density at radius 1 is 0.465 bits per heavy atom. The first-order valence-electron chi connectivity index (χ1n) is 12.0. The summed E-state index contributed by atoms with van der Waals surface area (Å²) in [4.78, 5) is 40.5.